The van der Waals surface area contributed by atoms with E-state index in [2.05, 4.69) is 10.0 Å². The first kappa shape index (κ1) is 53.8. The summed E-state index contributed by atoms with van der Waals surface area (Å²) < 4.78 is 109. The molecule has 26 atom stereocenters. The lowest BCUT2D eigenvalue weighted by atomic mass is 9.95. The number of ether oxygens (including phenoxy) is 18. The van der Waals surface area contributed by atoms with E-state index in [0.29, 0.717) is 5.56 Å². The Balaban J connectivity index is 0.935. The molecule has 7 saturated heterocycles. The van der Waals surface area contributed by atoms with E-state index in [4.69, 9.17) is 85.3 Å². The normalized spacial score (nSPS) is 47.3. The van der Waals surface area contributed by atoms with E-state index in [1.54, 1.807) is 24.3 Å². The highest BCUT2D eigenvalue weighted by atomic mass is 16.8. The van der Waals surface area contributed by atoms with Crippen LogP contribution in [0.1, 0.15) is 11.9 Å². The number of aliphatic hydroxyl groups is 6. The van der Waals surface area contributed by atoms with E-state index in [1.807, 2.05) is 6.07 Å². The largest absolute Gasteiger partial charge is 0.394 e. The molecule has 0 radical (unpaired) electrons. The third-order valence-corrected chi connectivity index (χ3v) is 13.7. The third kappa shape index (κ3) is 10.7. The molecule has 11 unspecified atom stereocenters. The molecule has 2 bridgehead atoms. The van der Waals surface area contributed by atoms with Crippen LogP contribution in [0.2, 0.25) is 0 Å². The van der Waals surface area contributed by atoms with Crippen LogP contribution < -0.4 is 0 Å². The van der Waals surface area contributed by atoms with Crippen LogP contribution in [0.4, 0.5) is 0 Å². The van der Waals surface area contributed by atoms with Gasteiger partial charge in [-0.25, -0.2) is 0 Å². The van der Waals surface area contributed by atoms with E-state index in [-0.39, 0.29) is 19.8 Å². The number of rotatable bonds is 19. The quantitative estimate of drug-likeness (QED) is 0.0461. The van der Waals surface area contributed by atoms with Crippen molar-refractivity contribution in [2.45, 2.75) is 160 Å². The summed E-state index contributed by atoms with van der Waals surface area (Å²) in [5.41, 5.74) is 9.97. The first-order valence-electron chi connectivity index (χ1n) is 22.9. The Labute approximate surface area is 402 Å². The predicted molar refractivity (Wildman–Crippen MR) is 226 cm³/mol. The summed E-state index contributed by atoms with van der Waals surface area (Å²) >= 11 is 0. The Hall–Kier alpha value is -2.43. The summed E-state index contributed by atoms with van der Waals surface area (Å²) in [7, 11) is 8.48. The van der Waals surface area contributed by atoms with Crippen molar-refractivity contribution >= 4 is 0 Å². The first-order valence-corrected chi connectivity index (χ1v) is 22.9. The van der Waals surface area contributed by atoms with Gasteiger partial charge in [0.25, 0.3) is 0 Å². The summed E-state index contributed by atoms with van der Waals surface area (Å²) in [5, 5.41) is 70.4. The molecule has 7 heterocycles. The maximum atomic E-state index is 11.5. The second kappa shape index (κ2) is 24.3. The van der Waals surface area contributed by atoms with Gasteiger partial charge in [0.05, 0.1) is 39.1 Å². The molecule has 7 fully saturated rings. The number of aliphatic hydroxyl groups excluding tert-OH is 6. The highest BCUT2D eigenvalue weighted by molar-refractivity contribution is 5.17. The summed E-state index contributed by atoms with van der Waals surface area (Å²) in [4.78, 5) is 2.94. The Morgan fingerprint density at radius 2 is 1.07 bits per heavy atom. The van der Waals surface area contributed by atoms with Gasteiger partial charge >= 0.3 is 0 Å². The van der Waals surface area contributed by atoms with Crippen LogP contribution in [0.15, 0.2) is 35.4 Å². The third-order valence-electron chi connectivity index (χ3n) is 13.7. The van der Waals surface area contributed by atoms with Gasteiger partial charge in [0.1, 0.15) is 116 Å². The Morgan fingerprint density at radius 1 is 0.543 bits per heavy atom. The molecule has 0 saturated carbocycles. The van der Waals surface area contributed by atoms with E-state index in [1.165, 1.54) is 42.7 Å². The molecule has 0 spiro atoms. The number of nitrogens with zero attached hydrogens (tertiary/aromatic N) is 3. The van der Waals surface area contributed by atoms with Crippen molar-refractivity contribution in [3.63, 3.8) is 0 Å². The summed E-state index contributed by atoms with van der Waals surface area (Å²) in [6, 6.07) is 8.14. The smallest absolute Gasteiger partial charge is 0.187 e. The lowest BCUT2D eigenvalue weighted by Gasteiger charge is -2.51. The van der Waals surface area contributed by atoms with Gasteiger partial charge in [-0.1, -0.05) is 35.4 Å². The number of fused-ring (bicyclic) bond motifs is 3. The minimum absolute atomic E-state index is 0.0474. The van der Waals surface area contributed by atoms with Crippen LogP contribution in [0.5, 0.6) is 0 Å². The molecule has 6 N–H and O–H groups in total. The van der Waals surface area contributed by atoms with Gasteiger partial charge in [-0.2, -0.15) is 0 Å². The minimum atomic E-state index is -1.88. The molecule has 0 aliphatic carbocycles. The van der Waals surface area contributed by atoms with Crippen molar-refractivity contribution in [3.8, 4) is 0 Å². The zero-order chi connectivity index (χ0) is 49.8. The molecule has 8 rings (SSSR count). The fourth-order valence-electron chi connectivity index (χ4n) is 10.2. The number of azide groups is 1. The lowest BCUT2D eigenvalue weighted by molar-refractivity contribution is -0.400. The van der Waals surface area contributed by atoms with E-state index < -0.39 is 173 Å². The highest BCUT2D eigenvalue weighted by Gasteiger charge is 2.59. The average molecular weight is 1010 g/mol. The molecule has 396 valence electrons. The molecular weight excluding hydrogens is 942 g/mol. The molecule has 0 aromatic heterocycles. The summed E-state index contributed by atoms with van der Waals surface area (Å²) in [5.74, 6) is 0. The monoisotopic (exact) mass is 1010 g/mol. The molecule has 0 amide bonds. The minimum Gasteiger partial charge on any atom is -0.394 e. The Bertz CT molecular complexity index is 1830. The zero-order valence-electron chi connectivity index (χ0n) is 39.3. The standard InChI is InChI=1S/C43H65N3O24/c1-53-14-20-32(35(56-4)37(58-6)43(65-20)69-31-22-16-60-39(63-22)23(45-46-44)33(31)54-2)70-42-36(57-5)34(55-3)30(19(13-48)62-42)68-40-26(51)24(49)28(18(12-47)61-40)67-41-27(52)25(50)29-21(64-41)15-59-38(66-29)17-10-8-7-9-11-17/h7-11,18-43,47-52H,12-16H2,1-6H3/t18?,19-,20-,21?,22?,23?,24+,25+,26?,27?,28+,29+,30+,31-,32+,33-,34?,35?,36?,37?,38?,39+,40-,41-,42+,43-/m0/s1. The molecule has 27 nitrogen and oxygen atoms in total. The highest BCUT2D eigenvalue weighted by Crippen LogP contribution is 2.40. The second-order valence-corrected chi connectivity index (χ2v) is 17.6. The Morgan fingerprint density at radius 3 is 1.69 bits per heavy atom. The summed E-state index contributed by atoms with van der Waals surface area (Å²) in [6.45, 7) is -1.44. The molecule has 27 heteroatoms. The van der Waals surface area contributed by atoms with Crippen molar-refractivity contribution < 1.29 is 116 Å². The van der Waals surface area contributed by atoms with Gasteiger partial charge in [0.2, 0.25) is 0 Å². The molecule has 7 aliphatic rings. The number of methoxy groups -OCH3 is 6. The van der Waals surface area contributed by atoms with Crippen LogP contribution in [0.25, 0.3) is 10.4 Å². The van der Waals surface area contributed by atoms with Crippen molar-refractivity contribution in [1.29, 1.82) is 0 Å². The van der Waals surface area contributed by atoms with Crippen LogP contribution >= 0.6 is 0 Å². The maximum absolute atomic E-state index is 11.5. The van der Waals surface area contributed by atoms with E-state index in [9.17, 15) is 36.2 Å². The van der Waals surface area contributed by atoms with Crippen molar-refractivity contribution in [3.05, 3.63) is 46.3 Å². The van der Waals surface area contributed by atoms with Gasteiger partial charge in [0, 0.05) is 53.1 Å². The fourth-order valence-corrected chi connectivity index (χ4v) is 10.2. The van der Waals surface area contributed by atoms with E-state index >= 15 is 0 Å². The van der Waals surface area contributed by atoms with Crippen LogP contribution in [-0.4, -0.2) is 260 Å². The van der Waals surface area contributed by atoms with Crippen LogP contribution in [0, 0.1) is 0 Å². The summed E-state index contributed by atoms with van der Waals surface area (Å²) in [6.07, 6.45) is -30.2. The topological polar surface area (TPSA) is 336 Å². The van der Waals surface area contributed by atoms with Gasteiger partial charge < -0.3 is 116 Å². The molecule has 7 aliphatic heterocycles. The second-order valence-electron chi connectivity index (χ2n) is 17.6. The zero-order valence-corrected chi connectivity index (χ0v) is 39.3. The van der Waals surface area contributed by atoms with Crippen molar-refractivity contribution in [2.24, 2.45) is 5.11 Å². The predicted octanol–water partition coefficient (Wildman–Crippen LogP) is -2.88. The van der Waals surface area contributed by atoms with E-state index in [0.717, 1.165) is 0 Å². The van der Waals surface area contributed by atoms with Gasteiger partial charge in [-0.3, -0.25) is 0 Å². The van der Waals surface area contributed by atoms with Gasteiger partial charge in [-0.05, 0) is 5.53 Å². The SMILES string of the molecule is COC[C@@H]1O[C@@H](O[C@H]2C3CO[C@H](O3)C(N=[N+]=[N-])[C@@H]2OC)C(OC)C(OC)[C@@H]1O[C@H]1O[C@@H](CO)[C@@H](O[C@@H]2OC(CO)[C@@H](O[C@@H]3OC4COC(c5ccccc5)O[C@H]4[C@H](O)C3O)[C@H](O)C2O)C(OC)C1OC. The van der Waals surface area contributed by atoms with Crippen molar-refractivity contribution in [1.82, 2.24) is 0 Å². The fraction of sp³-hybridized carbons (Fsp3) is 0.860. The molecular formula is C43H65N3O24. The average Bonchev–Trinajstić information content (AvgIpc) is 3.82. The number of hydrogen-bond donors (Lipinski definition) is 6. The number of benzene rings is 1. The molecule has 70 heavy (non-hydrogen) atoms. The molecule has 1 aromatic rings. The van der Waals surface area contributed by atoms with Crippen LogP contribution in [0.3, 0.4) is 0 Å². The maximum Gasteiger partial charge on any atom is 0.187 e. The van der Waals surface area contributed by atoms with Crippen molar-refractivity contribution in [2.75, 3.05) is 75.7 Å². The van der Waals surface area contributed by atoms with Gasteiger partial charge in [0.15, 0.2) is 37.7 Å². The van der Waals surface area contributed by atoms with Gasteiger partial charge in [-0.15, -0.1) is 0 Å². The lowest BCUT2D eigenvalue weighted by Crippen LogP contribution is -2.68. The molecule has 1 aromatic carbocycles. The Kier molecular flexibility index (Phi) is 18.7. The first-order chi connectivity index (χ1) is 34.0. The number of hydrogen-bond acceptors (Lipinski definition) is 25. The van der Waals surface area contributed by atoms with Crippen LogP contribution in [-0.2, 0) is 85.3 Å².